The maximum Gasteiger partial charge on any atom is 0.226 e. The monoisotopic (exact) mass is 474 g/mol. The Hall–Kier alpha value is -4.12. The minimum atomic E-state index is 0.0102. The van der Waals surface area contributed by atoms with Gasteiger partial charge in [0, 0.05) is 35.8 Å². The number of aryl methyl sites for hydroxylation is 1. The summed E-state index contributed by atoms with van der Waals surface area (Å²) in [4.78, 5) is 19.4. The lowest BCUT2D eigenvalue weighted by atomic mass is 9.83. The summed E-state index contributed by atoms with van der Waals surface area (Å²) in [5.74, 6) is 0.251. The van der Waals surface area contributed by atoms with Crippen molar-refractivity contribution in [1.29, 1.82) is 0 Å². The van der Waals surface area contributed by atoms with Crippen molar-refractivity contribution in [2.45, 2.75) is 32.2 Å². The summed E-state index contributed by atoms with van der Waals surface area (Å²) in [6.07, 6.45) is 7.39. The van der Waals surface area contributed by atoms with Gasteiger partial charge in [-0.1, -0.05) is 60.7 Å². The maximum absolute atomic E-state index is 14.0. The van der Waals surface area contributed by atoms with E-state index in [1.807, 2.05) is 53.3 Å². The van der Waals surface area contributed by atoms with Gasteiger partial charge in [0.2, 0.25) is 5.91 Å². The van der Waals surface area contributed by atoms with Crippen LogP contribution in [0.4, 0.5) is 0 Å². The van der Waals surface area contributed by atoms with Crippen molar-refractivity contribution in [3.63, 3.8) is 0 Å². The van der Waals surface area contributed by atoms with Gasteiger partial charge in [-0.05, 0) is 66.6 Å². The first-order chi connectivity index (χ1) is 17.8. The zero-order valence-corrected chi connectivity index (χ0v) is 20.3. The number of carbonyl (C=O) groups is 1. The lowest BCUT2D eigenvalue weighted by molar-refractivity contribution is -0.136. The first-order valence-corrected chi connectivity index (χ1v) is 12.7. The van der Waals surface area contributed by atoms with Crippen LogP contribution in [0.25, 0.3) is 16.6 Å². The van der Waals surface area contributed by atoms with E-state index in [-0.39, 0.29) is 11.8 Å². The predicted octanol–water partition coefficient (Wildman–Crippen LogP) is 5.73. The molecule has 0 fully saturated rings. The number of rotatable bonds is 7. The quantitative estimate of drug-likeness (QED) is 0.328. The van der Waals surface area contributed by atoms with Crippen molar-refractivity contribution in [3.05, 3.63) is 120 Å². The number of nitrogens with zero attached hydrogens (tertiary/aromatic N) is 3. The Balaban J connectivity index is 1.27. The Morgan fingerprint density at radius 2 is 1.72 bits per heavy atom. The number of carbonyl (C=O) groups excluding carboxylic acids is 1. The van der Waals surface area contributed by atoms with Crippen LogP contribution in [0.5, 0.6) is 0 Å². The summed E-state index contributed by atoms with van der Waals surface area (Å²) < 4.78 is 1.95. The number of benzene rings is 3. The van der Waals surface area contributed by atoms with Crippen LogP contribution in [-0.4, -0.2) is 32.1 Å². The molecule has 1 unspecified atom stereocenters. The third kappa shape index (κ3) is 4.44. The number of aromatic amines is 1. The van der Waals surface area contributed by atoms with E-state index in [9.17, 15) is 4.79 Å². The Morgan fingerprint density at radius 1 is 0.944 bits per heavy atom. The Labute approximate surface area is 211 Å². The Kier molecular flexibility index (Phi) is 6.12. The number of nitrogens with one attached hydrogen (secondary N) is 1. The normalized spacial score (nSPS) is 15.1. The smallest absolute Gasteiger partial charge is 0.226 e. The minimum Gasteiger partial charge on any atom is -0.361 e. The minimum absolute atomic E-state index is 0.0102. The van der Waals surface area contributed by atoms with Gasteiger partial charge in [0.1, 0.15) is 0 Å². The molecule has 1 aliphatic rings. The third-order valence-corrected chi connectivity index (χ3v) is 7.41. The molecule has 2 heterocycles. The summed E-state index contributed by atoms with van der Waals surface area (Å²) in [5.41, 5.74) is 7.10. The number of amides is 1. The zero-order valence-electron chi connectivity index (χ0n) is 20.3. The maximum atomic E-state index is 14.0. The van der Waals surface area contributed by atoms with Crippen molar-refractivity contribution in [2.75, 3.05) is 6.54 Å². The molecule has 0 saturated heterocycles. The van der Waals surface area contributed by atoms with Gasteiger partial charge in [0.15, 0.2) is 0 Å². The Bertz CT molecular complexity index is 1480. The van der Waals surface area contributed by atoms with E-state index in [0.29, 0.717) is 13.1 Å². The van der Waals surface area contributed by atoms with Gasteiger partial charge < -0.3 is 9.88 Å². The van der Waals surface area contributed by atoms with Crippen LogP contribution >= 0.6 is 0 Å². The number of H-pyrrole nitrogens is 1. The van der Waals surface area contributed by atoms with E-state index in [2.05, 4.69) is 63.6 Å². The molecule has 6 rings (SSSR count). The highest BCUT2D eigenvalue weighted by atomic mass is 16.2. The summed E-state index contributed by atoms with van der Waals surface area (Å²) >= 11 is 0. The first kappa shape index (κ1) is 22.4. The molecule has 1 atom stereocenters. The summed E-state index contributed by atoms with van der Waals surface area (Å²) in [7, 11) is 0. The van der Waals surface area contributed by atoms with Crippen molar-refractivity contribution >= 4 is 16.8 Å². The second-order valence-corrected chi connectivity index (χ2v) is 9.65. The second kappa shape index (κ2) is 9.86. The molecule has 5 aromatic rings. The van der Waals surface area contributed by atoms with Gasteiger partial charge in [-0.3, -0.25) is 4.79 Å². The molecule has 5 heteroatoms. The largest absolute Gasteiger partial charge is 0.361 e. The van der Waals surface area contributed by atoms with E-state index in [1.165, 1.54) is 22.1 Å². The van der Waals surface area contributed by atoms with Gasteiger partial charge >= 0.3 is 0 Å². The van der Waals surface area contributed by atoms with Gasteiger partial charge in [0.25, 0.3) is 0 Å². The molecular formula is C31H30N4O. The van der Waals surface area contributed by atoms with Gasteiger partial charge in [0.05, 0.1) is 17.9 Å². The van der Waals surface area contributed by atoms with E-state index in [0.717, 1.165) is 42.6 Å². The average Bonchev–Trinajstić information content (AvgIpc) is 3.58. The van der Waals surface area contributed by atoms with Crippen LogP contribution in [0.1, 0.15) is 28.8 Å². The van der Waals surface area contributed by atoms with Crippen molar-refractivity contribution in [3.8, 4) is 5.69 Å². The number of hydrogen-bond donors (Lipinski definition) is 1. The molecule has 0 saturated carbocycles. The fourth-order valence-corrected chi connectivity index (χ4v) is 5.48. The lowest BCUT2D eigenvalue weighted by Gasteiger charge is -2.30. The van der Waals surface area contributed by atoms with Crippen LogP contribution in [0.3, 0.4) is 0 Å². The molecule has 0 aliphatic heterocycles. The standard InChI is InChI=1S/C31H30N4O/c36-31(25-15-14-23-8-4-5-9-24(23)20-25)34(19-17-26-21-32-30-13-7-6-12-29(26)30)22-28-16-18-33-35(28)27-10-2-1-3-11-27/h1-13,16,18,21,25,32H,14-15,17,19-20,22H2. The first-order valence-electron chi connectivity index (χ1n) is 12.7. The Morgan fingerprint density at radius 3 is 2.61 bits per heavy atom. The molecule has 2 aromatic heterocycles. The highest BCUT2D eigenvalue weighted by molar-refractivity contribution is 5.83. The van der Waals surface area contributed by atoms with Crippen LogP contribution in [0.15, 0.2) is 97.3 Å². The molecule has 0 radical (unpaired) electrons. The van der Waals surface area contributed by atoms with E-state index >= 15 is 0 Å². The van der Waals surface area contributed by atoms with Crippen molar-refractivity contribution < 1.29 is 4.79 Å². The van der Waals surface area contributed by atoms with Crippen LogP contribution in [0, 0.1) is 5.92 Å². The lowest BCUT2D eigenvalue weighted by Crippen LogP contribution is -2.39. The van der Waals surface area contributed by atoms with Crippen LogP contribution < -0.4 is 0 Å². The number of fused-ring (bicyclic) bond motifs is 2. The van der Waals surface area contributed by atoms with E-state index in [1.54, 1.807) is 0 Å². The average molecular weight is 475 g/mol. The van der Waals surface area contributed by atoms with Crippen LogP contribution in [0.2, 0.25) is 0 Å². The summed E-state index contributed by atoms with van der Waals surface area (Å²) in [6.45, 7) is 1.20. The number of para-hydroxylation sites is 2. The fourth-order valence-electron chi connectivity index (χ4n) is 5.48. The highest BCUT2D eigenvalue weighted by Crippen LogP contribution is 2.28. The fraction of sp³-hybridized carbons (Fsp3) is 0.226. The molecule has 36 heavy (non-hydrogen) atoms. The van der Waals surface area contributed by atoms with E-state index < -0.39 is 0 Å². The van der Waals surface area contributed by atoms with Crippen LogP contribution in [-0.2, 0) is 30.6 Å². The summed E-state index contributed by atoms with van der Waals surface area (Å²) in [5, 5.41) is 5.79. The van der Waals surface area contributed by atoms with Gasteiger partial charge in [-0.2, -0.15) is 5.10 Å². The molecular weight excluding hydrogens is 444 g/mol. The van der Waals surface area contributed by atoms with Gasteiger partial charge in [-0.25, -0.2) is 4.68 Å². The topological polar surface area (TPSA) is 53.9 Å². The number of hydrogen-bond acceptors (Lipinski definition) is 2. The molecule has 0 spiro atoms. The predicted molar refractivity (Wildman–Crippen MR) is 143 cm³/mol. The molecule has 1 N–H and O–H groups in total. The second-order valence-electron chi connectivity index (χ2n) is 9.65. The SMILES string of the molecule is O=C(C1CCc2ccccc2C1)N(CCc1c[nH]c2ccccc12)Cc1ccnn1-c1ccccc1. The van der Waals surface area contributed by atoms with Crippen molar-refractivity contribution in [1.82, 2.24) is 19.7 Å². The van der Waals surface area contributed by atoms with Gasteiger partial charge in [-0.15, -0.1) is 0 Å². The molecule has 0 bridgehead atoms. The molecule has 3 aromatic carbocycles. The summed E-state index contributed by atoms with van der Waals surface area (Å²) in [6, 6.07) is 29.1. The number of aromatic nitrogens is 3. The van der Waals surface area contributed by atoms with Crippen molar-refractivity contribution in [2.24, 2.45) is 5.92 Å². The molecule has 1 aliphatic carbocycles. The zero-order chi connectivity index (χ0) is 24.3. The third-order valence-electron chi connectivity index (χ3n) is 7.41. The molecule has 180 valence electrons. The highest BCUT2D eigenvalue weighted by Gasteiger charge is 2.29. The molecule has 5 nitrogen and oxygen atoms in total. The molecule has 1 amide bonds. The van der Waals surface area contributed by atoms with E-state index in [4.69, 9.17) is 0 Å².